The van der Waals surface area contributed by atoms with Crippen LogP contribution in [0.15, 0.2) is 18.5 Å². The lowest BCUT2D eigenvalue weighted by atomic mass is 10.7. The molecule has 1 aromatic heterocycles. The fourth-order valence-corrected chi connectivity index (χ4v) is 0.541. The maximum atomic E-state index is 3.88. The fraction of sp³-hybridized carbons (Fsp3) is 0. The molecule has 0 aromatic carbocycles. The second-order valence-electron chi connectivity index (χ2n) is 1.17. The smallest absolute Gasteiger partial charge is 0.0987 e. The molecule has 1 rings (SSSR count). The second-order valence-corrected chi connectivity index (χ2v) is 1.80. The van der Waals surface area contributed by atoms with Gasteiger partial charge in [0.25, 0.3) is 0 Å². The van der Waals surface area contributed by atoms with E-state index in [0.717, 1.165) is 5.45 Å². The van der Waals surface area contributed by atoms with E-state index in [-0.39, 0.29) is 0 Å². The first-order valence-corrected chi connectivity index (χ1v) is 2.69. The molecule has 1 aromatic rings. The van der Waals surface area contributed by atoms with E-state index in [4.69, 9.17) is 0 Å². The molecule has 7 heavy (non-hydrogen) atoms. The number of aromatic nitrogens is 2. The van der Waals surface area contributed by atoms with Gasteiger partial charge in [-0.2, -0.15) is 0 Å². The third kappa shape index (κ3) is 1.08. The van der Waals surface area contributed by atoms with Gasteiger partial charge in [-0.25, -0.2) is 9.97 Å². The molecule has 0 spiro atoms. The van der Waals surface area contributed by atoms with Crippen molar-refractivity contribution in [1.82, 2.24) is 9.97 Å². The summed E-state index contributed by atoms with van der Waals surface area (Å²) in [6, 6.07) is 1.80. The van der Waals surface area contributed by atoms with E-state index < -0.39 is 0 Å². The van der Waals surface area contributed by atoms with Crippen LogP contribution in [0, 0.1) is 0 Å². The predicted octanol–water partition coefficient (Wildman–Crippen LogP) is -1.27. The molecule has 2 nitrogen and oxygen atoms in total. The zero-order chi connectivity index (χ0) is 5.11. The van der Waals surface area contributed by atoms with Gasteiger partial charge in [0, 0.05) is 12.4 Å². The Morgan fingerprint density at radius 2 is 1.86 bits per heavy atom. The molecule has 35 valence electrons. The van der Waals surface area contributed by atoms with E-state index in [1.807, 2.05) is 0 Å². The van der Waals surface area contributed by atoms with Crippen molar-refractivity contribution in [2.75, 3.05) is 0 Å². The highest BCUT2D eigenvalue weighted by Crippen LogP contribution is 1.64. The molecular weight excluding hydrogens is 104 g/mol. The first-order chi connectivity index (χ1) is 3.39. The Kier molecular flexibility index (Phi) is 1.17. The van der Waals surface area contributed by atoms with Gasteiger partial charge in [0.2, 0.25) is 0 Å². The van der Waals surface area contributed by atoms with Crippen molar-refractivity contribution in [3.05, 3.63) is 18.5 Å². The SMILES string of the molecule is [SiH2]c1ncccn1. The van der Waals surface area contributed by atoms with Gasteiger partial charge in [-0.1, -0.05) is 0 Å². The van der Waals surface area contributed by atoms with Crippen LogP contribution in [0.4, 0.5) is 0 Å². The minimum Gasteiger partial charge on any atom is -0.248 e. The first kappa shape index (κ1) is 4.46. The Bertz CT molecular complexity index is 140. The van der Waals surface area contributed by atoms with E-state index in [1.165, 1.54) is 0 Å². The van der Waals surface area contributed by atoms with Gasteiger partial charge in [0.05, 0.1) is 15.7 Å². The maximum absolute atomic E-state index is 3.88. The largest absolute Gasteiger partial charge is 0.248 e. The third-order valence-corrected chi connectivity index (χ3v) is 0.984. The summed E-state index contributed by atoms with van der Waals surface area (Å²) in [7, 11) is 1.68. The topological polar surface area (TPSA) is 25.8 Å². The van der Waals surface area contributed by atoms with Crippen LogP contribution < -0.4 is 5.45 Å². The van der Waals surface area contributed by atoms with Gasteiger partial charge in [0.1, 0.15) is 0 Å². The van der Waals surface area contributed by atoms with E-state index in [9.17, 15) is 0 Å². The van der Waals surface area contributed by atoms with Crippen molar-refractivity contribution in [3.8, 4) is 0 Å². The van der Waals surface area contributed by atoms with Crippen LogP contribution in [0.1, 0.15) is 0 Å². The summed E-state index contributed by atoms with van der Waals surface area (Å²) in [5.74, 6) is 0. The summed E-state index contributed by atoms with van der Waals surface area (Å²) in [4.78, 5) is 7.76. The molecule has 1 radical (unpaired) electrons. The molecule has 0 aliphatic heterocycles. The molecule has 0 amide bonds. The van der Waals surface area contributed by atoms with Crippen LogP contribution in [-0.2, 0) is 0 Å². The molecule has 0 unspecified atom stereocenters. The molecule has 0 bridgehead atoms. The highest BCUT2D eigenvalue weighted by Gasteiger charge is 1.74. The summed E-state index contributed by atoms with van der Waals surface area (Å²) < 4.78 is 0. The normalized spacial score (nSPS) is 8.71. The summed E-state index contributed by atoms with van der Waals surface area (Å²) in [5, 5.41) is 0. The second kappa shape index (κ2) is 1.84. The van der Waals surface area contributed by atoms with Crippen molar-refractivity contribution in [1.29, 1.82) is 0 Å². The van der Waals surface area contributed by atoms with Crippen LogP contribution in [0.2, 0.25) is 0 Å². The van der Waals surface area contributed by atoms with E-state index >= 15 is 0 Å². The minimum absolute atomic E-state index is 0.850. The van der Waals surface area contributed by atoms with Crippen LogP contribution >= 0.6 is 0 Å². The molecule has 3 heteroatoms. The van der Waals surface area contributed by atoms with Gasteiger partial charge >= 0.3 is 0 Å². The maximum Gasteiger partial charge on any atom is 0.0987 e. The molecule has 0 saturated heterocycles. The van der Waals surface area contributed by atoms with Gasteiger partial charge in [0.15, 0.2) is 0 Å². The summed E-state index contributed by atoms with van der Waals surface area (Å²) >= 11 is 0. The molecule has 1 heterocycles. The van der Waals surface area contributed by atoms with Crippen molar-refractivity contribution in [3.63, 3.8) is 0 Å². The lowest BCUT2D eigenvalue weighted by molar-refractivity contribution is 1.24. The van der Waals surface area contributed by atoms with Crippen molar-refractivity contribution < 1.29 is 0 Å². The third-order valence-electron chi connectivity index (χ3n) is 0.619. The Morgan fingerprint density at radius 1 is 1.29 bits per heavy atom. The van der Waals surface area contributed by atoms with Crippen LogP contribution in [-0.4, -0.2) is 20.2 Å². The van der Waals surface area contributed by atoms with Crippen molar-refractivity contribution >= 4 is 15.7 Å². The van der Waals surface area contributed by atoms with Gasteiger partial charge < -0.3 is 0 Å². The van der Waals surface area contributed by atoms with E-state index in [1.54, 1.807) is 28.7 Å². The molecular formula is C4H5N2Si. The first-order valence-electron chi connectivity index (χ1n) is 1.98. The quantitative estimate of drug-likeness (QED) is 0.388. The lowest BCUT2D eigenvalue weighted by Crippen LogP contribution is -2.10. The Morgan fingerprint density at radius 3 is 2.14 bits per heavy atom. The lowest BCUT2D eigenvalue weighted by Gasteiger charge is -1.81. The number of hydrogen-bond acceptors (Lipinski definition) is 2. The standard InChI is InChI=1S/C4H5N2Si/c7-4-5-2-1-3-6-4/h1-3H,7H2. The summed E-state index contributed by atoms with van der Waals surface area (Å²) in [6.45, 7) is 0. The van der Waals surface area contributed by atoms with Crippen LogP contribution in [0.3, 0.4) is 0 Å². The summed E-state index contributed by atoms with van der Waals surface area (Å²) in [5.41, 5.74) is 0.850. The van der Waals surface area contributed by atoms with Gasteiger partial charge in [-0.05, 0) is 6.07 Å². The van der Waals surface area contributed by atoms with E-state index in [2.05, 4.69) is 9.97 Å². The fourth-order valence-electron chi connectivity index (χ4n) is 0.330. The van der Waals surface area contributed by atoms with E-state index in [0.29, 0.717) is 0 Å². The Balaban J connectivity index is 3.02. The van der Waals surface area contributed by atoms with Crippen molar-refractivity contribution in [2.24, 2.45) is 0 Å². The van der Waals surface area contributed by atoms with Gasteiger partial charge in [-0.15, -0.1) is 0 Å². The minimum atomic E-state index is 0.850. The van der Waals surface area contributed by atoms with Crippen molar-refractivity contribution in [2.45, 2.75) is 0 Å². The molecule has 0 atom stereocenters. The van der Waals surface area contributed by atoms with Gasteiger partial charge in [-0.3, -0.25) is 0 Å². The average Bonchev–Trinajstić information content (AvgIpc) is 1.69. The average molecular weight is 109 g/mol. The highest BCUT2D eigenvalue weighted by molar-refractivity contribution is 6.28. The van der Waals surface area contributed by atoms with Crippen LogP contribution in [0.25, 0.3) is 0 Å². The Labute approximate surface area is 45.0 Å². The number of rotatable bonds is 0. The Hall–Kier alpha value is -0.703. The highest BCUT2D eigenvalue weighted by atomic mass is 28.1. The number of hydrogen-bond donors (Lipinski definition) is 0. The van der Waals surface area contributed by atoms with Crippen LogP contribution in [0.5, 0.6) is 0 Å². The molecule has 0 fully saturated rings. The summed E-state index contributed by atoms with van der Waals surface area (Å²) in [6.07, 6.45) is 3.46. The number of nitrogens with zero attached hydrogens (tertiary/aromatic N) is 2. The zero-order valence-corrected chi connectivity index (χ0v) is 5.25. The molecule has 0 aliphatic carbocycles. The molecule has 0 N–H and O–H groups in total. The molecule has 0 saturated carbocycles. The molecule has 0 aliphatic rings. The zero-order valence-electron chi connectivity index (χ0n) is 3.83. The predicted molar refractivity (Wildman–Crippen MR) is 30.2 cm³/mol. The monoisotopic (exact) mass is 109 g/mol.